The van der Waals surface area contributed by atoms with Crippen LogP contribution in [0.2, 0.25) is 0 Å². The maximum absolute atomic E-state index is 13.5. The van der Waals surface area contributed by atoms with Gasteiger partial charge in [0, 0.05) is 11.1 Å². The molecular weight excluding hydrogens is 355 g/mol. The van der Waals surface area contributed by atoms with Crippen LogP contribution in [0.15, 0.2) is 36.4 Å². The summed E-state index contributed by atoms with van der Waals surface area (Å²) in [6, 6.07) is 8.20. The van der Waals surface area contributed by atoms with E-state index in [0.29, 0.717) is 23.1 Å². The predicted molar refractivity (Wildman–Crippen MR) is 86.3 cm³/mol. The van der Waals surface area contributed by atoms with Gasteiger partial charge in [-0.25, -0.2) is 13.2 Å². The number of hydrogen-bond acceptors (Lipinski definition) is 2. The first kappa shape index (κ1) is 19.6. The van der Waals surface area contributed by atoms with Crippen LogP contribution in [-0.4, -0.2) is 19.6 Å². The minimum absolute atomic E-state index is 0.0810. The van der Waals surface area contributed by atoms with Crippen LogP contribution in [0.25, 0.3) is 0 Å². The van der Waals surface area contributed by atoms with E-state index in [2.05, 4.69) is 16.6 Å². The molecule has 0 radical (unpaired) electrons. The highest BCUT2D eigenvalue weighted by molar-refractivity contribution is 5.49. The highest BCUT2D eigenvalue weighted by atomic mass is 19.3. The molecule has 2 rings (SSSR count). The number of rotatable bonds is 6. The van der Waals surface area contributed by atoms with Crippen molar-refractivity contribution in [1.82, 2.24) is 0 Å². The maximum Gasteiger partial charge on any atom is 0.387 e. The minimum Gasteiger partial charge on any atom is -0.485 e. The van der Waals surface area contributed by atoms with Gasteiger partial charge in [0.05, 0.1) is 0 Å². The molecule has 2 aromatic rings. The van der Waals surface area contributed by atoms with Crippen molar-refractivity contribution in [3.05, 3.63) is 58.9 Å². The van der Waals surface area contributed by atoms with Gasteiger partial charge in [-0.2, -0.15) is 8.78 Å². The minimum atomic E-state index is -2.91. The third kappa shape index (κ3) is 5.66. The molecule has 0 amide bonds. The van der Waals surface area contributed by atoms with Crippen LogP contribution in [0.1, 0.15) is 23.6 Å². The van der Waals surface area contributed by atoms with E-state index in [0.717, 1.165) is 6.07 Å². The Kier molecular flexibility index (Phi) is 6.84. The summed E-state index contributed by atoms with van der Waals surface area (Å²) < 4.78 is 71.7. The fraction of sp³-hybridized carbons (Fsp3) is 0.263. The number of alkyl halides is 4. The van der Waals surface area contributed by atoms with Crippen LogP contribution >= 0.6 is 0 Å². The molecule has 0 aliphatic heterocycles. The molecule has 7 heteroatoms. The highest BCUT2D eigenvalue weighted by Gasteiger charge is 2.10. The van der Waals surface area contributed by atoms with Gasteiger partial charge in [0.25, 0.3) is 6.43 Å². The zero-order valence-corrected chi connectivity index (χ0v) is 13.7. The van der Waals surface area contributed by atoms with Gasteiger partial charge in [0.2, 0.25) is 0 Å². The molecule has 0 fully saturated rings. The number of hydrogen-bond donors (Lipinski definition) is 0. The average Bonchev–Trinajstić information content (AvgIpc) is 2.60. The summed E-state index contributed by atoms with van der Waals surface area (Å²) in [5.41, 5.74) is 1.47. The molecule has 2 nitrogen and oxygen atoms in total. The smallest absolute Gasteiger partial charge is 0.387 e. The van der Waals surface area contributed by atoms with Crippen molar-refractivity contribution >= 4 is 0 Å². The molecule has 26 heavy (non-hydrogen) atoms. The summed E-state index contributed by atoms with van der Waals surface area (Å²) in [5.74, 6) is 4.57. The van der Waals surface area contributed by atoms with Crippen LogP contribution in [0.4, 0.5) is 22.0 Å². The van der Waals surface area contributed by atoms with E-state index in [1.165, 1.54) is 24.3 Å². The molecule has 0 atom stereocenters. The lowest BCUT2D eigenvalue weighted by molar-refractivity contribution is -0.0504. The highest BCUT2D eigenvalue weighted by Crippen LogP contribution is 2.23. The molecule has 138 valence electrons. The molecule has 0 aliphatic carbocycles. The first-order chi connectivity index (χ1) is 12.4. The largest absolute Gasteiger partial charge is 0.485 e. The molecule has 0 spiro atoms. The van der Waals surface area contributed by atoms with Gasteiger partial charge < -0.3 is 9.47 Å². The molecule has 0 N–H and O–H groups in total. The Bertz CT molecular complexity index is 809. The van der Waals surface area contributed by atoms with E-state index >= 15 is 0 Å². The van der Waals surface area contributed by atoms with Gasteiger partial charge in [-0.15, -0.1) is 0 Å². The lowest BCUT2D eigenvalue weighted by atomic mass is 10.1. The quantitative estimate of drug-likeness (QED) is 0.524. The Morgan fingerprint density at radius 2 is 1.58 bits per heavy atom. The summed E-state index contributed by atoms with van der Waals surface area (Å²) in [5, 5.41) is 0. The first-order valence-corrected chi connectivity index (χ1v) is 7.69. The van der Waals surface area contributed by atoms with Crippen molar-refractivity contribution in [1.29, 1.82) is 0 Å². The lowest BCUT2D eigenvalue weighted by Crippen LogP contribution is -2.08. The van der Waals surface area contributed by atoms with E-state index in [1.807, 2.05) is 0 Å². The van der Waals surface area contributed by atoms with Crippen LogP contribution < -0.4 is 9.47 Å². The average molecular weight is 370 g/mol. The summed E-state index contributed by atoms with van der Waals surface area (Å²) >= 11 is 0. The molecular formula is C19H15F5O2. The van der Waals surface area contributed by atoms with E-state index < -0.39 is 25.5 Å². The van der Waals surface area contributed by atoms with Crippen molar-refractivity contribution in [2.24, 2.45) is 0 Å². The van der Waals surface area contributed by atoms with Crippen molar-refractivity contribution < 1.29 is 31.4 Å². The van der Waals surface area contributed by atoms with Crippen molar-refractivity contribution in [3.63, 3.8) is 0 Å². The van der Waals surface area contributed by atoms with Gasteiger partial charge in [0.1, 0.15) is 12.4 Å². The fourth-order valence-electron chi connectivity index (χ4n) is 2.13. The first-order valence-electron chi connectivity index (χ1n) is 7.69. The summed E-state index contributed by atoms with van der Waals surface area (Å²) in [6.07, 6.45) is -2.25. The molecule has 0 unspecified atom stereocenters. The molecule has 0 heterocycles. The van der Waals surface area contributed by atoms with Crippen molar-refractivity contribution in [2.45, 2.75) is 26.4 Å². The molecule has 0 saturated heterocycles. The number of aryl methyl sites for hydroxylation is 1. The lowest BCUT2D eigenvalue weighted by Gasteiger charge is -2.09. The molecule has 2 aromatic carbocycles. The second-order valence-corrected chi connectivity index (χ2v) is 5.15. The van der Waals surface area contributed by atoms with E-state index in [9.17, 15) is 22.0 Å². The van der Waals surface area contributed by atoms with E-state index in [-0.39, 0.29) is 11.5 Å². The van der Waals surface area contributed by atoms with Gasteiger partial charge in [-0.3, -0.25) is 0 Å². The third-order valence-corrected chi connectivity index (χ3v) is 3.30. The SMILES string of the molecule is CCc1cc(C#Cc2ccc(F)c(OCC(F)F)c2)ccc1OC(F)F. The molecule has 0 aliphatic rings. The van der Waals surface area contributed by atoms with E-state index in [1.54, 1.807) is 13.0 Å². The van der Waals surface area contributed by atoms with Crippen LogP contribution in [0.5, 0.6) is 11.5 Å². The molecule has 0 aromatic heterocycles. The second-order valence-electron chi connectivity index (χ2n) is 5.15. The normalized spacial score (nSPS) is 10.6. The van der Waals surface area contributed by atoms with Crippen LogP contribution in [-0.2, 0) is 6.42 Å². The Labute approximate surface area is 147 Å². The maximum atomic E-state index is 13.5. The standard InChI is InChI=1S/C19H15F5O2/c1-2-14-9-12(6-8-16(14)26-19(23)24)3-4-13-5-7-15(20)17(10-13)25-11-18(21)22/h5-10,18-19H,2,11H2,1H3. The summed E-state index contributed by atoms with van der Waals surface area (Å²) in [4.78, 5) is 0. The Balaban J connectivity index is 2.22. The third-order valence-electron chi connectivity index (χ3n) is 3.30. The Morgan fingerprint density at radius 3 is 2.19 bits per heavy atom. The number of benzene rings is 2. The molecule has 0 saturated carbocycles. The topological polar surface area (TPSA) is 18.5 Å². The number of halogens is 5. The zero-order valence-electron chi connectivity index (χ0n) is 13.7. The van der Waals surface area contributed by atoms with Crippen molar-refractivity contribution in [3.8, 4) is 23.3 Å². The number of ether oxygens (including phenoxy) is 2. The Hall–Kier alpha value is -2.75. The van der Waals surface area contributed by atoms with E-state index in [4.69, 9.17) is 4.74 Å². The Morgan fingerprint density at radius 1 is 0.923 bits per heavy atom. The van der Waals surface area contributed by atoms with Crippen molar-refractivity contribution in [2.75, 3.05) is 6.61 Å². The fourth-order valence-corrected chi connectivity index (χ4v) is 2.13. The predicted octanol–water partition coefficient (Wildman–Crippen LogP) is 5.03. The van der Waals surface area contributed by atoms with Crippen LogP contribution in [0, 0.1) is 17.7 Å². The molecule has 0 bridgehead atoms. The summed E-state index contributed by atoms with van der Waals surface area (Å²) in [7, 11) is 0. The second kappa shape index (κ2) is 9.09. The van der Waals surface area contributed by atoms with Gasteiger partial charge in [-0.05, 0) is 48.4 Å². The summed E-state index contributed by atoms with van der Waals surface area (Å²) in [6.45, 7) is -2.04. The van der Waals surface area contributed by atoms with Gasteiger partial charge in [-0.1, -0.05) is 18.8 Å². The van der Waals surface area contributed by atoms with Gasteiger partial charge in [0.15, 0.2) is 11.6 Å². The van der Waals surface area contributed by atoms with Crippen LogP contribution in [0.3, 0.4) is 0 Å². The zero-order chi connectivity index (χ0) is 19.1. The van der Waals surface area contributed by atoms with Gasteiger partial charge >= 0.3 is 6.61 Å². The monoisotopic (exact) mass is 370 g/mol.